The number of rotatable bonds is 4. The molecule has 0 saturated carbocycles. The second-order valence-electron chi connectivity index (χ2n) is 3.75. The summed E-state index contributed by atoms with van der Waals surface area (Å²) >= 11 is 0. The van der Waals surface area contributed by atoms with E-state index >= 15 is 0 Å². The minimum atomic E-state index is -1.63. The number of benzene rings is 1. The Labute approximate surface area is 108 Å². The molecule has 1 N–H and O–H groups in total. The van der Waals surface area contributed by atoms with Gasteiger partial charge in [0.1, 0.15) is 0 Å². The summed E-state index contributed by atoms with van der Waals surface area (Å²) in [5.74, 6) is -5.69. The fraction of sp³-hybridized carbons (Fsp3) is 0.333. The zero-order chi connectivity index (χ0) is 14.6. The number of hydrogen-bond donors (Lipinski definition) is 1. The van der Waals surface area contributed by atoms with E-state index in [1.54, 1.807) is 6.92 Å². The maximum atomic E-state index is 13.0. The highest BCUT2D eigenvalue weighted by atomic mass is 19.2. The lowest BCUT2D eigenvalue weighted by Gasteiger charge is -2.20. The van der Waals surface area contributed by atoms with Crippen molar-refractivity contribution in [3.8, 4) is 0 Å². The first-order valence-electron chi connectivity index (χ1n) is 5.55. The Hall–Kier alpha value is -2.05. The quantitative estimate of drug-likeness (QED) is 0.842. The van der Waals surface area contributed by atoms with E-state index in [-0.39, 0.29) is 18.7 Å². The summed E-state index contributed by atoms with van der Waals surface area (Å²) < 4.78 is 38.8. The standard InChI is InChI=1S/C12H13F3N2O2/c1-3-17(6-10(18)16-2)12(19)7-4-8(13)11(15)9(14)5-7/h4-5H,3,6H2,1-2H3,(H,16,18). The molecule has 0 spiro atoms. The molecule has 2 amide bonds. The van der Waals surface area contributed by atoms with E-state index in [0.717, 1.165) is 4.90 Å². The van der Waals surface area contributed by atoms with E-state index in [4.69, 9.17) is 0 Å². The number of carbonyl (C=O) groups is 2. The maximum Gasteiger partial charge on any atom is 0.254 e. The second kappa shape index (κ2) is 6.21. The average Bonchev–Trinajstić information content (AvgIpc) is 2.40. The van der Waals surface area contributed by atoms with Crippen molar-refractivity contribution in [2.45, 2.75) is 6.92 Å². The summed E-state index contributed by atoms with van der Waals surface area (Å²) in [6.45, 7) is 1.54. The first-order valence-corrected chi connectivity index (χ1v) is 5.55. The Balaban J connectivity index is 3.01. The summed E-state index contributed by atoms with van der Waals surface area (Å²) in [6, 6.07) is 1.21. The third-order valence-electron chi connectivity index (χ3n) is 2.51. The van der Waals surface area contributed by atoms with E-state index in [0.29, 0.717) is 12.1 Å². The van der Waals surface area contributed by atoms with Crippen LogP contribution in [-0.4, -0.2) is 36.9 Å². The lowest BCUT2D eigenvalue weighted by Crippen LogP contribution is -2.39. The highest BCUT2D eigenvalue weighted by molar-refractivity contribution is 5.96. The van der Waals surface area contributed by atoms with Crippen LogP contribution < -0.4 is 5.32 Å². The molecule has 0 heterocycles. The van der Waals surface area contributed by atoms with Gasteiger partial charge >= 0.3 is 0 Å². The molecule has 0 radical (unpaired) electrons. The van der Waals surface area contributed by atoms with Crippen LogP contribution >= 0.6 is 0 Å². The van der Waals surface area contributed by atoms with Gasteiger partial charge in [0.15, 0.2) is 17.5 Å². The van der Waals surface area contributed by atoms with Crippen LogP contribution in [0.25, 0.3) is 0 Å². The zero-order valence-electron chi connectivity index (χ0n) is 10.5. The van der Waals surface area contributed by atoms with Crippen molar-refractivity contribution in [2.24, 2.45) is 0 Å². The molecule has 0 aliphatic carbocycles. The van der Waals surface area contributed by atoms with Crippen LogP contribution in [0.3, 0.4) is 0 Å². The molecule has 0 aliphatic rings. The highest BCUT2D eigenvalue weighted by Gasteiger charge is 2.20. The third kappa shape index (κ3) is 3.46. The SMILES string of the molecule is CCN(CC(=O)NC)C(=O)c1cc(F)c(F)c(F)c1. The number of likely N-dealkylation sites (N-methyl/N-ethyl adjacent to an activating group) is 2. The van der Waals surface area contributed by atoms with Gasteiger partial charge in [-0.25, -0.2) is 13.2 Å². The van der Waals surface area contributed by atoms with Gasteiger partial charge in [-0.15, -0.1) is 0 Å². The van der Waals surface area contributed by atoms with Gasteiger partial charge in [-0.1, -0.05) is 0 Å². The van der Waals surface area contributed by atoms with Gasteiger partial charge in [0.05, 0.1) is 6.54 Å². The topological polar surface area (TPSA) is 49.4 Å². The summed E-state index contributed by atoms with van der Waals surface area (Å²) in [7, 11) is 1.40. The van der Waals surface area contributed by atoms with Crippen molar-refractivity contribution in [1.29, 1.82) is 0 Å². The zero-order valence-corrected chi connectivity index (χ0v) is 10.5. The molecule has 0 bridgehead atoms. The molecule has 0 aromatic heterocycles. The van der Waals surface area contributed by atoms with Crippen LogP contribution in [0.1, 0.15) is 17.3 Å². The molecule has 7 heteroatoms. The van der Waals surface area contributed by atoms with Crippen molar-refractivity contribution < 1.29 is 22.8 Å². The molecule has 1 aromatic rings. The lowest BCUT2D eigenvalue weighted by molar-refractivity contribution is -0.121. The lowest BCUT2D eigenvalue weighted by atomic mass is 10.1. The molecule has 19 heavy (non-hydrogen) atoms. The fourth-order valence-corrected chi connectivity index (χ4v) is 1.44. The predicted octanol–water partition coefficient (Wildman–Crippen LogP) is 1.31. The molecule has 0 aliphatic heterocycles. The number of nitrogens with one attached hydrogen (secondary N) is 1. The highest BCUT2D eigenvalue weighted by Crippen LogP contribution is 2.15. The number of nitrogens with zero attached hydrogens (tertiary/aromatic N) is 1. The van der Waals surface area contributed by atoms with Crippen molar-refractivity contribution in [1.82, 2.24) is 10.2 Å². The van der Waals surface area contributed by atoms with Crippen LogP contribution in [0.15, 0.2) is 12.1 Å². The van der Waals surface area contributed by atoms with Gasteiger partial charge in [-0.2, -0.15) is 0 Å². The Kier molecular flexibility index (Phi) is 4.91. The van der Waals surface area contributed by atoms with Crippen molar-refractivity contribution >= 4 is 11.8 Å². The smallest absolute Gasteiger partial charge is 0.254 e. The molecular weight excluding hydrogens is 261 g/mol. The van der Waals surface area contributed by atoms with Crippen molar-refractivity contribution in [3.63, 3.8) is 0 Å². The van der Waals surface area contributed by atoms with Crippen LogP contribution in [-0.2, 0) is 4.79 Å². The molecule has 0 unspecified atom stereocenters. The second-order valence-corrected chi connectivity index (χ2v) is 3.75. The predicted molar refractivity (Wildman–Crippen MR) is 62.0 cm³/mol. The van der Waals surface area contributed by atoms with E-state index in [1.165, 1.54) is 7.05 Å². The van der Waals surface area contributed by atoms with Gasteiger partial charge in [-0.05, 0) is 19.1 Å². The minimum absolute atomic E-state index is 0.173. The van der Waals surface area contributed by atoms with E-state index in [1.807, 2.05) is 0 Å². The Morgan fingerprint density at radius 2 is 1.74 bits per heavy atom. The molecule has 4 nitrogen and oxygen atoms in total. The summed E-state index contributed by atoms with van der Waals surface area (Å²) in [5, 5.41) is 2.33. The minimum Gasteiger partial charge on any atom is -0.358 e. The van der Waals surface area contributed by atoms with Crippen LogP contribution in [0.4, 0.5) is 13.2 Å². The summed E-state index contributed by atoms with van der Waals surface area (Å²) in [6.07, 6.45) is 0. The van der Waals surface area contributed by atoms with E-state index in [2.05, 4.69) is 5.32 Å². The maximum absolute atomic E-state index is 13.0. The van der Waals surface area contributed by atoms with Gasteiger partial charge < -0.3 is 10.2 Å². The van der Waals surface area contributed by atoms with Gasteiger partial charge in [0.25, 0.3) is 5.91 Å². The van der Waals surface area contributed by atoms with Gasteiger partial charge in [0, 0.05) is 19.2 Å². The van der Waals surface area contributed by atoms with Crippen LogP contribution in [0, 0.1) is 17.5 Å². The normalized spacial score (nSPS) is 10.2. The number of halogens is 3. The Bertz CT molecular complexity index is 483. The fourth-order valence-electron chi connectivity index (χ4n) is 1.44. The molecule has 0 saturated heterocycles. The molecular formula is C12H13F3N2O2. The largest absolute Gasteiger partial charge is 0.358 e. The Morgan fingerprint density at radius 3 is 2.16 bits per heavy atom. The Morgan fingerprint density at radius 1 is 1.21 bits per heavy atom. The van der Waals surface area contributed by atoms with Gasteiger partial charge in [-0.3, -0.25) is 9.59 Å². The summed E-state index contributed by atoms with van der Waals surface area (Å²) in [4.78, 5) is 24.2. The molecule has 0 fully saturated rings. The number of carbonyl (C=O) groups excluding carboxylic acids is 2. The average molecular weight is 274 g/mol. The third-order valence-corrected chi connectivity index (χ3v) is 2.51. The van der Waals surface area contributed by atoms with E-state index in [9.17, 15) is 22.8 Å². The molecule has 1 rings (SSSR count). The van der Waals surface area contributed by atoms with E-state index < -0.39 is 29.3 Å². The first kappa shape index (κ1) is 15.0. The monoisotopic (exact) mass is 274 g/mol. The van der Waals surface area contributed by atoms with Gasteiger partial charge in [0.2, 0.25) is 5.91 Å². The number of amides is 2. The van der Waals surface area contributed by atoms with Crippen LogP contribution in [0.5, 0.6) is 0 Å². The van der Waals surface area contributed by atoms with Crippen LogP contribution in [0.2, 0.25) is 0 Å². The molecule has 0 atom stereocenters. The van der Waals surface area contributed by atoms with Crippen molar-refractivity contribution in [3.05, 3.63) is 35.1 Å². The number of hydrogen-bond acceptors (Lipinski definition) is 2. The summed E-state index contributed by atoms with van der Waals surface area (Å²) in [5.41, 5.74) is -0.345. The first-order chi connectivity index (χ1) is 8.90. The molecule has 104 valence electrons. The van der Waals surface area contributed by atoms with Crippen molar-refractivity contribution in [2.75, 3.05) is 20.1 Å². The molecule has 1 aromatic carbocycles.